The maximum atomic E-state index is 12.1. The maximum Gasteiger partial charge on any atom is 0.322 e. The Bertz CT molecular complexity index is 371. The number of anilines is 1. The Balaban J connectivity index is 2.09. The molecule has 1 N–H and O–H groups in total. The van der Waals surface area contributed by atoms with E-state index in [2.05, 4.69) is 19.2 Å². The highest BCUT2D eigenvalue weighted by Gasteiger charge is 2.26. The SMILES string of the molecule is CC(C)CN(C(=O)NC1CC1)c1ccccc1. The van der Waals surface area contributed by atoms with E-state index in [9.17, 15) is 4.79 Å². The van der Waals surface area contributed by atoms with Gasteiger partial charge in [-0.3, -0.25) is 4.90 Å². The number of carbonyl (C=O) groups is 1. The van der Waals surface area contributed by atoms with Gasteiger partial charge in [-0.1, -0.05) is 32.0 Å². The van der Waals surface area contributed by atoms with Crippen molar-refractivity contribution in [3.05, 3.63) is 30.3 Å². The first-order valence-corrected chi connectivity index (χ1v) is 6.30. The van der Waals surface area contributed by atoms with Crippen LogP contribution in [0.15, 0.2) is 30.3 Å². The molecule has 3 heteroatoms. The van der Waals surface area contributed by atoms with Crippen molar-refractivity contribution in [2.75, 3.05) is 11.4 Å². The van der Waals surface area contributed by atoms with Gasteiger partial charge in [0.25, 0.3) is 0 Å². The molecule has 1 aliphatic rings. The first-order valence-electron chi connectivity index (χ1n) is 6.30. The van der Waals surface area contributed by atoms with E-state index in [1.165, 1.54) is 0 Å². The Morgan fingerprint density at radius 3 is 2.53 bits per heavy atom. The molecule has 0 unspecified atom stereocenters. The highest BCUT2D eigenvalue weighted by molar-refractivity contribution is 5.92. The van der Waals surface area contributed by atoms with Crippen LogP contribution >= 0.6 is 0 Å². The highest BCUT2D eigenvalue weighted by Crippen LogP contribution is 2.21. The van der Waals surface area contributed by atoms with Crippen LogP contribution in [0.2, 0.25) is 0 Å². The average Bonchev–Trinajstić information content (AvgIpc) is 3.10. The molecule has 0 bridgehead atoms. The van der Waals surface area contributed by atoms with Gasteiger partial charge in [0, 0.05) is 18.3 Å². The minimum absolute atomic E-state index is 0.0346. The van der Waals surface area contributed by atoms with Crippen LogP contribution in [-0.2, 0) is 0 Å². The lowest BCUT2D eigenvalue weighted by molar-refractivity contribution is 0.245. The maximum absolute atomic E-state index is 12.1. The number of nitrogens with zero attached hydrogens (tertiary/aromatic N) is 1. The minimum Gasteiger partial charge on any atom is -0.335 e. The summed E-state index contributed by atoms with van der Waals surface area (Å²) in [6.45, 7) is 5.00. The molecule has 1 aromatic carbocycles. The summed E-state index contributed by atoms with van der Waals surface area (Å²) in [4.78, 5) is 14.0. The van der Waals surface area contributed by atoms with E-state index in [1.807, 2.05) is 35.2 Å². The van der Waals surface area contributed by atoms with E-state index in [4.69, 9.17) is 0 Å². The first-order chi connectivity index (χ1) is 8.16. The molecule has 2 amide bonds. The molecule has 1 saturated carbocycles. The summed E-state index contributed by atoms with van der Waals surface area (Å²) in [7, 11) is 0. The predicted octanol–water partition coefficient (Wildman–Crippen LogP) is 3.02. The molecular formula is C14H20N2O. The van der Waals surface area contributed by atoms with Gasteiger partial charge in [-0.25, -0.2) is 4.79 Å². The third kappa shape index (κ3) is 3.48. The van der Waals surface area contributed by atoms with Gasteiger partial charge in [0.15, 0.2) is 0 Å². The van der Waals surface area contributed by atoms with Gasteiger partial charge < -0.3 is 5.32 Å². The number of amides is 2. The monoisotopic (exact) mass is 232 g/mol. The molecule has 3 nitrogen and oxygen atoms in total. The van der Waals surface area contributed by atoms with Crippen LogP contribution in [0.1, 0.15) is 26.7 Å². The summed E-state index contributed by atoms with van der Waals surface area (Å²) in [6.07, 6.45) is 2.24. The predicted molar refractivity (Wildman–Crippen MR) is 70.2 cm³/mol. The van der Waals surface area contributed by atoms with Crippen LogP contribution in [0.4, 0.5) is 10.5 Å². The zero-order valence-electron chi connectivity index (χ0n) is 10.5. The number of urea groups is 1. The fourth-order valence-electron chi connectivity index (χ4n) is 1.76. The fourth-order valence-corrected chi connectivity index (χ4v) is 1.76. The van der Waals surface area contributed by atoms with Gasteiger partial charge in [-0.2, -0.15) is 0 Å². The van der Waals surface area contributed by atoms with Crippen LogP contribution in [0.5, 0.6) is 0 Å². The summed E-state index contributed by atoms with van der Waals surface area (Å²) in [5.74, 6) is 0.458. The van der Waals surface area contributed by atoms with Gasteiger partial charge in [-0.05, 0) is 30.9 Å². The van der Waals surface area contributed by atoms with E-state index in [0.29, 0.717) is 12.0 Å². The molecule has 2 rings (SSSR count). The zero-order chi connectivity index (χ0) is 12.3. The lowest BCUT2D eigenvalue weighted by Crippen LogP contribution is -2.43. The second kappa shape index (κ2) is 5.21. The lowest BCUT2D eigenvalue weighted by atomic mass is 10.2. The standard InChI is InChI=1S/C14H20N2O/c1-11(2)10-16(13-6-4-3-5-7-13)14(17)15-12-8-9-12/h3-7,11-12H,8-10H2,1-2H3,(H,15,17). The number of hydrogen-bond donors (Lipinski definition) is 1. The van der Waals surface area contributed by atoms with Gasteiger partial charge in [-0.15, -0.1) is 0 Å². The minimum atomic E-state index is 0.0346. The molecule has 0 heterocycles. The molecule has 17 heavy (non-hydrogen) atoms. The fraction of sp³-hybridized carbons (Fsp3) is 0.500. The van der Waals surface area contributed by atoms with Crippen molar-refractivity contribution in [1.82, 2.24) is 5.32 Å². The molecular weight excluding hydrogens is 212 g/mol. The Morgan fingerprint density at radius 2 is 2.00 bits per heavy atom. The first kappa shape index (κ1) is 12.0. The Labute approximate surface area is 103 Å². The molecule has 1 aromatic rings. The van der Waals surface area contributed by atoms with E-state index in [-0.39, 0.29) is 6.03 Å². The number of nitrogens with one attached hydrogen (secondary N) is 1. The summed E-state index contributed by atoms with van der Waals surface area (Å²) in [5, 5.41) is 3.04. The van der Waals surface area contributed by atoms with E-state index >= 15 is 0 Å². The highest BCUT2D eigenvalue weighted by atomic mass is 16.2. The topological polar surface area (TPSA) is 32.3 Å². The van der Waals surface area contributed by atoms with Crippen LogP contribution in [-0.4, -0.2) is 18.6 Å². The Hall–Kier alpha value is -1.51. The van der Waals surface area contributed by atoms with Crippen molar-refractivity contribution in [2.24, 2.45) is 5.92 Å². The van der Waals surface area contributed by atoms with Gasteiger partial charge in [0.05, 0.1) is 0 Å². The van der Waals surface area contributed by atoms with Crippen molar-refractivity contribution < 1.29 is 4.79 Å². The van der Waals surface area contributed by atoms with Gasteiger partial charge >= 0.3 is 6.03 Å². The largest absolute Gasteiger partial charge is 0.335 e. The number of carbonyl (C=O) groups excluding carboxylic acids is 1. The quantitative estimate of drug-likeness (QED) is 0.850. The van der Waals surface area contributed by atoms with Crippen LogP contribution in [0.3, 0.4) is 0 Å². The van der Waals surface area contributed by atoms with Crippen molar-refractivity contribution in [3.63, 3.8) is 0 Å². The third-order valence-corrected chi connectivity index (χ3v) is 2.77. The third-order valence-electron chi connectivity index (χ3n) is 2.77. The number of rotatable bonds is 4. The molecule has 0 aromatic heterocycles. The molecule has 92 valence electrons. The Morgan fingerprint density at radius 1 is 1.35 bits per heavy atom. The molecule has 1 fully saturated rings. The van der Waals surface area contributed by atoms with Crippen LogP contribution < -0.4 is 10.2 Å². The van der Waals surface area contributed by atoms with Crippen molar-refractivity contribution in [1.29, 1.82) is 0 Å². The van der Waals surface area contributed by atoms with E-state index < -0.39 is 0 Å². The van der Waals surface area contributed by atoms with E-state index in [1.54, 1.807) is 0 Å². The van der Waals surface area contributed by atoms with Gasteiger partial charge in [0.1, 0.15) is 0 Å². The second-order valence-electron chi connectivity index (χ2n) is 5.06. The summed E-state index contributed by atoms with van der Waals surface area (Å²) in [5.41, 5.74) is 0.972. The number of benzene rings is 1. The molecule has 1 aliphatic carbocycles. The van der Waals surface area contributed by atoms with Crippen molar-refractivity contribution >= 4 is 11.7 Å². The molecule has 0 atom stereocenters. The molecule has 0 radical (unpaired) electrons. The number of hydrogen-bond acceptors (Lipinski definition) is 1. The number of para-hydroxylation sites is 1. The molecule has 0 spiro atoms. The lowest BCUT2D eigenvalue weighted by Gasteiger charge is -2.25. The van der Waals surface area contributed by atoms with Crippen molar-refractivity contribution in [2.45, 2.75) is 32.7 Å². The Kier molecular flexibility index (Phi) is 3.67. The van der Waals surface area contributed by atoms with Crippen molar-refractivity contribution in [3.8, 4) is 0 Å². The average molecular weight is 232 g/mol. The van der Waals surface area contributed by atoms with Gasteiger partial charge in [0.2, 0.25) is 0 Å². The normalized spacial score (nSPS) is 14.8. The second-order valence-corrected chi connectivity index (χ2v) is 5.06. The summed E-state index contributed by atoms with van der Waals surface area (Å²) >= 11 is 0. The summed E-state index contributed by atoms with van der Waals surface area (Å²) < 4.78 is 0. The smallest absolute Gasteiger partial charge is 0.322 e. The molecule has 0 saturated heterocycles. The van der Waals surface area contributed by atoms with E-state index in [0.717, 1.165) is 25.1 Å². The van der Waals surface area contributed by atoms with Crippen LogP contribution in [0.25, 0.3) is 0 Å². The molecule has 0 aliphatic heterocycles. The van der Waals surface area contributed by atoms with Crippen LogP contribution in [0, 0.1) is 5.92 Å². The summed E-state index contributed by atoms with van der Waals surface area (Å²) in [6, 6.07) is 10.3. The zero-order valence-corrected chi connectivity index (χ0v) is 10.5.